The summed E-state index contributed by atoms with van der Waals surface area (Å²) in [5, 5.41) is 11.6. The van der Waals surface area contributed by atoms with Crippen LogP contribution in [-0.2, 0) is 9.59 Å². The van der Waals surface area contributed by atoms with Gasteiger partial charge in [-0.15, -0.1) is 0 Å². The molecule has 0 saturated heterocycles. The maximum atomic E-state index is 11.8. The Morgan fingerprint density at radius 2 is 1.94 bits per heavy atom. The third-order valence-electron chi connectivity index (χ3n) is 3.28. The lowest BCUT2D eigenvalue weighted by Crippen LogP contribution is -2.54. The van der Waals surface area contributed by atoms with Gasteiger partial charge in [0.05, 0.1) is 0 Å². The van der Waals surface area contributed by atoms with Crippen LogP contribution in [0.15, 0.2) is 0 Å². The first-order chi connectivity index (χ1) is 7.64. The second-order valence-corrected chi connectivity index (χ2v) is 6.10. The molecule has 1 fully saturated rings. The predicted octanol–water partition coefficient (Wildman–Crippen LogP) is 0.873. The lowest BCUT2D eigenvalue weighted by Gasteiger charge is -2.38. The van der Waals surface area contributed by atoms with Crippen molar-refractivity contribution in [2.45, 2.75) is 58.0 Å². The molecular formula is C12H22N2O3. The fourth-order valence-electron chi connectivity index (χ4n) is 1.99. The molecule has 0 aromatic carbocycles. The molecule has 98 valence electrons. The Labute approximate surface area is 102 Å². The van der Waals surface area contributed by atoms with Crippen molar-refractivity contribution < 1.29 is 14.7 Å². The Kier molecular flexibility index (Phi) is 3.81. The lowest BCUT2D eigenvalue weighted by atomic mass is 9.75. The van der Waals surface area contributed by atoms with Gasteiger partial charge in [0.2, 0.25) is 5.91 Å². The number of nitrogens with two attached hydrogens (primary N) is 1. The van der Waals surface area contributed by atoms with E-state index in [1.54, 1.807) is 20.8 Å². The molecule has 1 saturated carbocycles. The topological polar surface area (TPSA) is 92.4 Å². The molecule has 0 spiro atoms. The number of carbonyl (C=O) groups is 2. The van der Waals surface area contributed by atoms with Gasteiger partial charge in [-0.2, -0.15) is 0 Å². The Morgan fingerprint density at radius 3 is 2.24 bits per heavy atom. The summed E-state index contributed by atoms with van der Waals surface area (Å²) < 4.78 is 0. The smallest absolute Gasteiger partial charge is 0.326 e. The molecule has 5 heteroatoms. The molecule has 1 atom stereocenters. The van der Waals surface area contributed by atoms with Gasteiger partial charge in [-0.3, -0.25) is 4.79 Å². The minimum Gasteiger partial charge on any atom is -0.480 e. The Bertz CT molecular complexity index is 316. The molecule has 4 N–H and O–H groups in total. The number of carboxylic acid groups (broad SMARTS) is 1. The minimum absolute atomic E-state index is 0.215. The zero-order valence-corrected chi connectivity index (χ0v) is 10.7. The number of carboxylic acids is 1. The van der Waals surface area contributed by atoms with Crippen LogP contribution in [0.4, 0.5) is 0 Å². The van der Waals surface area contributed by atoms with Crippen molar-refractivity contribution in [2.75, 3.05) is 0 Å². The fourth-order valence-corrected chi connectivity index (χ4v) is 1.99. The standard InChI is InChI=1S/C12H22N2O3/c1-11(2,3)9(10(16)17)14-8(15)7-12(13)5-4-6-12/h9H,4-7,13H2,1-3H3,(H,14,15)(H,16,17)/t9-/m0/s1. The zero-order chi connectivity index (χ0) is 13.3. The third-order valence-corrected chi connectivity index (χ3v) is 3.28. The summed E-state index contributed by atoms with van der Waals surface area (Å²) in [5.41, 5.74) is 5.03. The average molecular weight is 242 g/mol. The Balaban J connectivity index is 2.56. The van der Waals surface area contributed by atoms with Gasteiger partial charge in [0, 0.05) is 12.0 Å². The third kappa shape index (κ3) is 3.70. The van der Waals surface area contributed by atoms with E-state index in [2.05, 4.69) is 5.32 Å². The molecule has 0 aromatic heterocycles. The van der Waals surface area contributed by atoms with Crippen molar-refractivity contribution in [3.63, 3.8) is 0 Å². The molecule has 1 aliphatic carbocycles. The van der Waals surface area contributed by atoms with Crippen molar-refractivity contribution in [1.82, 2.24) is 5.32 Å². The number of amides is 1. The van der Waals surface area contributed by atoms with Crippen LogP contribution in [0.2, 0.25) is 0 Å². The average Bonchev–Trinajstić information content (AvgIpc) is 2.09. The summed E-state index contributed by atoms with van der Waals surface area (Å²) in [5.74, 6) is -1.28. The number of aliphatic carboxylic acids is 1. The Morgan fingerprint density at radius 1 is 1.41 bits per heavy atom. The molecule has 1 rings (SSSR count). The van der Waals surface area contributed by atoms with Crippen molar-refractivity contribution >= 4 is 11.9 Å². The monoisotopic (exact) mass is 242 g/mol. The molecular weight excluding hydrogens is 220 g/mol. The van der Waals surface area contributed by atoms with Crippen molar-refractivity contribution in [3.8, 4) is 0 Å². The van der Waals surface area contributed by atoms with Crippen molar-refractivity contribution in [2.24, 2.45) is 11.1 Å². The van der Waals surface area contributed by atoms with E-state index in [0.717, 1.165) is 19.3 Å². The second-order valence-electron chi connectivity index (χ2n) is 6.10. The van der Waals surface area contributed by atoms with Crippen LogP contribution in [0.5, 0.6) is 0 Å². The van der Waals surface area contributed by atoms with Crippen LogP contribution in [0, 0.1) is 5.41 Å². The summed E-state index contributed by atoms with van der Waals surface area (Å²) in [6.07, 6.45) is 2.94. The molecule has 1 aliphatic rings. The quantitative estimate of drug-likeness (QED) is 0.682. The van der Waals surface area contributed by atoms with Crippen LogP contribution in [0.3, 0.4) is 0 Å². The molecule has 0 bridgehead atoms. The number of rotatable bonds is 4. The predicted molar refractivity (Wildman–Crippen MR) is 64.4 cm³/mol. The zero-order valence-electron chi connectivity index (χ0n) is 10.7. The van der Waals surface area contributed by atoms with E-state index in [4.69, 9.17) is 10.8 Å². The first-order valence-corrected chi connectivity index (χ1v) is 5.95. The minimum atomic E-state index is -1.01. The van der Waals surface area contributed by atoms with Gasteiger partial charge in [0.1, 0.15) is 6.04 Å². The fraction of sp³-hybridized carbons (Fsp3) is 0.833. The second kappa shape index (κ2) is 4.64. The highest BCUT2D eigenvalue weighted by atomic mass is 16.4. The summed E-state index contributed by atoms with van der Waals surface area (Å²) in [6, 6.07) is -0.876. The van der Waals surface area contributed by atoms with E-state index in [1.807, 2.05) is 0 Å². The van der Waals surface area contributed by atoms with E-state index in [1.165, 1.54) is 0 Å². The molecule has 0 aromatic rings. The van der Waals surface area contributed by atoms with Crippen LogP contribution < -0.4 is 11.1 Å². The molecule has 0 unspecified atom stereocenters. The summed E-state index contributed by atoms with van der Waals surface area (Å²) in [7, 11) is 0. The molecule has 0 heterocycles. The maximum Gasteiger partial charge on any atom is 0.326 e. The number of hydrogen-bond acceptors (Lipinski definition) is 3. The van der Waals surface area contributed by atoms with Gasteiger partial charge < -0.3 is 16.2 Å². The van der Waals surface area contributed by atoms with E-state index >= 15 is 0 Å². The molecule has 17 heavy (non-hydrogen) atoms. The van der Waals surface area contributed by atoms with E-state index in [0.29, 0.717) is 0 Å². The summed E-state index contributed by atoms with van der Waals surface area (Å²) in [6.45, 7) is 5.36. The van der Waals surface area contributed by atoms with E-state index < -0.39 is 23.0 Å². The molecule has 0 aliphatic heterocycles. The van der Waals surface area contributed by atoms with Gasteiger partial charge in [-0.25, -0.2) is 4.79 Å². The van der Waals surface area contributed by atoms with Crippen LogP contribution in [-0.4, -0.2) is 28.6 Å². The lowest BCUT2D eigenvalue weighted by molar-refractivity contribution is -0.145. The maximum absolute atomic E-state index is 11.8. The van der Waals surface area contributed by atoms with Crippen LogP contribution >= 0.6 is 0 Å². The molecule has 5 nitrogen and oxygen atoms in total. The molecule has 0 radical (unpaired) electrons. The Hall–Kier alpha value is -1.10. The highest BCUT2D eigenvalue weighted by Crippen LogP contribution is 2.32. The van der Waals surface area contributed by atoms with Gasteiger partial charge in [0.15, 0.2) is 0 Å². The van der Waals surface area contributed by atoms with Crippen LogP contribution in [0.1, 0.15) is 46.5 Å². The highest BCUT2D eigenvalue weighted by molar-refractivity contribution is 5.84. The van der Waals surface area contributed by atoms with E-state index in [-0.39, 0.29) is 12.3 Å². The molecule has 1 amide bonds. The van der Waals surface area contributed by atoms with E-state index in [9.17, 15) is 9.59 Å². The first-order valence-electron chi connectivity index (χ1n) is 5.95. The number of carbonyl (C=O) groups excluding carboxylic acids is 1. The number of hydrogen-bond donors (Lipinski definition) is 3. The normalized spacial score (nSPS) is 20.2. The first kappa shape index (κ1) is 14.0. The SMILES string of the molecule is CC(C)(C)[C@@H](NC(=O)CC1(N)CCC1)C(=O)O. The summed E-state index contributed by atoms with van der Waals surface area (Å²) in [4.78, 5) is 22.8. The largest absolute Gasteiger partial charge is 0.480 e. The summed E-state index contributed by atoms with van der Waals surface area (Å²) >= 11 is 0. The van der Waals surface area contributed by atoms with Crippen LogP contribution in [0.25, 0.3) is 0 Å². The van der Waals surface area contributed by atoms with Gasteiger partial charge >= 0.3 is 5.97 Å². The van der Waals surface area contributed by atoms with Gasteiger partial charge in [0.25, 0.3) is 0 Å². The van der Waals surface area contributed by atoms with Crippen molar-refractivity contribution in [1.29, 1.82) is 0 Å². The van der Waals surface area contributed by atoms with Gasteiger partial charge in [-0.1, -0.05) is 20.8 Å². The van der Waals surface area contributed by atoms with Crippen molar-refractivity contribution in [3.05, 3.63) is 0 Å². The van der Waals surface area contributed by atoms with Gasteiger partial charge in [-0.05, 0) is 24.7 Å². The highest BCUT2D eigenvalue weighted by Gasteiger charge is 2.37. The number of nitrogens with one attached hydrogen (secondary N) is 1.